The van der Waals surface area contributed by atoms with Crippen LogP contribution in [0.25, 0.3) is 89.2 Å². The molecule has 0 bridgehead atoms. The average molecular weight is 641 g/mol. The van der Waals surface area contributed by atoms with E-state index in [4.69, 9.17) is 15.0 Å². The second-order valence-corrected chi connectivity index (χ2v) is 12.4. The summed E-state index contributed by atoms with van der Waals surface area (Å²) >= 11 is 0. The van der Waals surface area contributed by atoms with Gasteiger partial charge < -0.3 is 9.13 Å². The predicted molar refractivity (Wildman–Crippen MR) is 203 cm³/mol. The highest BCUT2D eigenvalue weighted by Crippen LogP contribution is 2.39. The van der Waals surface area contributed by atoms with Gasteiger partial charge in [-0.15, -0.1) is 0 Å². The van der Waals surface area contributed by atoms with Gasteiger partial charge in [-0.1, -0.05) is 97.1 Å². The number of para-hydroxylation sites is 2. The van der Waals surface area contributed by atoms with Crippen LogP contribution in [0.3, 0.4) is 0 Å². The normalized spacial score (nSPS) is 11.6. The summed E-state index contributed by atoms with van der Waals surface area (Å²) in [5.41, 5.74) is 9.53. The molecule has 0 N–H and O–H groups in total. The Morgan fingerprint density at radius 3 is 1.40 bits per heavy atom. The molecule has 0 fully saturated rings. The van der Waals surface area contributed by atoms with Crippen molar-refractivity contribution < 1.29 is 0 Å². The predicted octanol–water partition coefficient (Wildman–Crippen LogP) is 10.5. The van der Waals surface area contributed by atoms with Crippen molar-refractivity contribution >= 4 is 43.6 Å². The second kappa shape index (κ2) is 11.4. The minimum Gasteiger partial charge on any atom is -0.309 e. The molecule has 0 radical (unpaired) electrons. The third-order valence-electron chi connectivity index (χ3n) is 9.46. The molecule has 0 atom stereocenters. The smallest absolute Gasteiger partial charge is 0.164 e. The summed E-state index contributed by atoms with van der Waals surface area (Å²) in [6, 6.07) is 54.7. The Labute approximate surface area is 287 Å². The maximum Gasteiger partial charge on any atom is 0.164 e. The molecule has 0 saturated carbocycles. The Morgan fingerprint density at radius 2 is 0.800 bits per heavy atom. The molecular weight excluding hydrogens is 613 g/mol. The van der Waals surface area contributed by atoms with E-state index in [1.165, 1.54) is 27.2 Å². The number of pyridine rings is 1. The molecule has 234 valence electrons. The molecule has 10 aromatic rings. The van der Waals surface area contributed by atoms with Gasteiger partial charge in [-0.25, -0.2) is 15.0 Å². The average Bonchev–Trinajstić information content (AvgIpc) is 3.70. The van der Waals surface area contributed by atoms with Gasteiger partial charge in [-0.3, -0.25) is 4.98 Å². The van der Waals surface area contributed by atoms with Gasteiger partial charge in [0.15, 0.2) is 17.5 Å². The summed E-state index contributed by atoms with van der Waals surface area (Å²) in [4.78, 5) is 19.3. The summed E-state index contributed by atoms with van der Waals surface area (Å²) in [6.45, 7) is 0. The van der Waals surface area contributed by atoms with Crippen LogP contribution in [0.1, 0.15) is 0 Å². The summed E-state index contributed by atoms with van der Waals surface area (Å²) in [7, 11) is 0. The van der Waals surface area contributed by atoms with E-state index >= 15 is 0 Å². The van der Waals surface area contributed by atoms with Crippen LogP contribution < -0.4 is 0 Å². The third kappa shape index (κ3) is 4.50. The highest BCUT2D eigenvalue weighted by Gasteiger charge is 2.19. The molecule has 4 aromatic heterocycles. The lowest BCUT2D eigenvalue weighted by Gasteiger charge is -2.11. The SMILES string of the molecule is c1ccc(-c2nc(-c3ccccc3)nc(-c3ccc(-n4c5cnccc5c5cc6c(cc54)c4ccccc4n6-c4ccccc4)cc3)n2)cc1. The summed E-state index contributed by atoms with van der Waals surface area (Å²) in [5, 5.41) is 4.76. The van der Waals surface area contributed by atoms with Crippen LogP contribution in [0.4, 0.5) is 0 Å². The number of hydrogen-bond donors (Lipinski definition) is 0. The first kappa shape index (κ1) is 28.1. The van der Waals surface area contributed by atoms with E-state index in [2.05, 4.69) is 111 Å². The Kier molecular flexibility index (Phi) is 6.39. The fraction of sp³-hybridized carbons (Fsp3) is 0. The Balaban J connectivity index is 1.16. The number of hydrogen-bond acceptors (Lipinski definition) is 4. The molecule has 6 heteroatoms. The topological polar surface area (TPSA) is 61.4 Å². The monoisotopic (exact) mass is 640 g/mol. The van der Waals surface area contributed by atoms with Crippen LogP contribution in [0, 0.1) is 0 Å². The zero-order valence-corrected chi connectivity index (χ0v) is 26.8. The number of aromatic nitrogens is 6. The largest absolute Gasteiger partial charge is 0.309 e. The number of nitrogens with zero attached hydrogens (tertiary/aromatic N) is 6. The minimum absolute atomic E-state index is 0.628. The van der Waals surface area contributed by atoms with E-state index < -0.39 is 0 Å². The third-order valence-corrected chi connectivity index (χ3v) is 9.46. The number of rotatable bonds is 5. The maximum absolute atomic E-state index is 4.94. The molecule has 50 heavy (non-hydrogen) atoms. The van der Waals surface area contributed by atoms with Crippen LogP contribution in [-0.4, -0.2) is 29.1 Å². The van der Waals surface area contributed by atoms with Gasteiger partial charge in [0.05, 0.1) is 28.3 Å². The lowest BCUT2D eigenvalue weighted by atomic mass is 10.1. The van der Waals surface area contributed by atoms with Crippen LogP contribution in [0.2, 0.25) is 0 Å². The minimum atomic E-state index is 0.628. The van der Waals surface area contributed by atoms with E-state index in [9.17, 15) is 0 Å². The summed E-state index contributed by atoms with van der Waals surface area (Å²) in [5.74, 6) is 1.92. The van der Waals surface area contributed by atoms with E-state index in [-0.39, 0.29) is 0 Å². The van der Waals surface area contributed by atoms with E-state index in [0.29, 0.717) is 17.5 Å². The van der Waals surface area contributed by atoms with Gasteiger partial charge in [-0.05, 0) is 60.7 Å². The van der Waals surface area contributed by atoms with Gasteiger partial charge >= 0.3 is 0 Å². The molecular formula is C44H28N6. The van der Waals surface area contributed by atoms with Crippen LogP contribution in [0.5, 0.6) is 0 Å². The van der Waals surface area contributed by atoms with Crippen molar-refractivity contribution in [3.63, 3.8) is 0 Å². The van der Waals surface area contributed by atoms with Gasteiger partial charge in [0, 0.05) is 55.8 Å². The van der Waals surface area contributed by atoms with Crippen molar-refractivity contribution in [3.05, 3.63) is 170 Å². The first-order chi connectivity index (χ1) is 24.8. The van der Waals surface area contributed by atoms with Crippen LogP contribution in [0.15, 0.2) is 170 Å². The molecule has 6 nitrogen and oxygen atoms in total. The second-order valence-electron chi connectivity index (χ2n) is 12.4. The lowest BCUT2D eigenvalue weighted by molar-refractivity contribution is 1.07. The summed E-state index contributed by atoms with van der Waals surface area (Å²) < 4.78 is 4.68. The van der Waals surface area contributed by atoms with E-state index in [0.717, 1.165) is 44.5 Å². The highest BCUT2D eigenvalue weighted by molar-refractivity contribution is 6.18. The molecule has 0 saturated heterocycles. The maximum atomic E-state index is 4.94. The van der Waals surface area contributed by atoms with Crippen molar-refractivity contribution in [2.75, 3.05) is 0 Å². The fourth-order valence-electron chi connectivity index (χ4n) is 7.16. The standard InChI is InChI=1S/C44H28N6/c1-4-12-29(13-5-1)42-46-43(30-14-6-2-7-15-30)48-44(47-42)31-20-22-33(23-21-31)50-40-26-36-34-18-10-11-19-38(34)49(32-16-8-3-9-17-32)39(36)27-37(40)35-24-25-45-28-41(35)50/h1-28H. The molecule has 6 aromatic carbocycles. The van der Waals surface area contributed by atoms with Crippen molar-refractivity contribution in [2.45, 2.75) is 0 Å². The van der Waals surface area contributed by atoms with E-state index in [1.807, 2.05) is 73.1 Å². The Bertz CT molecular complexity index is 2780. The molecule has 0 aliphatic carbocycles. The zero-order valence-electron chi connectivity index (χ0n) is 26.8. The number of benzene rings is 6. The first-order valence-corrected chi connectivity index (χ1v) is 16.6. The fourth-order valence-corrected chi connectivity index (χ4v) is 7.16. The lowest BCUT2D eigenvalue weighted by Crippen LogP contribution is -2.00. The van der Waals surface area contributed by atoms with Gasteiger partial charge in [-0.2, -0.15) is 0 Å². The Morgan fingerprint density at radius 1 is 0.340 bits per heavy atom. The van der Waals surface area contributed by atoms with Gasteiger partial charge in [0.2, 0.25) is 0 Å². The number of fused-ring (bicyclic) bond motifs is 6. The zero-order chi connectivity index (χ0) is 33.0. The van der Waals surface area contributed by atoms with E-state index in [1.54, 1.807) is 0 Å². The van der Waals surface area contributed by atoms with Crippen molar-refractivity contribution in [1.29, 1.82) is 0 Å². The van der Waals surface area contributed by atoms with Crippen molar-refractivity contribution in [3.8, 4) is 45.5 Å². The van der Waals surface area contributed by atoms with Crippen molar-refractivity contribution in [1.82, 2.24) is 29.1 Å². The molecule has 10 rings (SSSR count). The van der Waals surface area contributed by atoms with Crippen LogP contribution >= 0.6 is 0 Å². The Hall–Kier alpha value is -6.92. The molecule has 4 heterocycles. The summed E-state index contributed by atoms with van der Waals surface area (Å²) in [6.07, 6.45) is 3.84. The molecule has 0 spiro atoms. The molecule has 0 amide bonds. The van der Waals surface area contributed by atoms with Gasteiger partial charge in [0.25, 0.3) is 0 Å². The van der Waals surface area contributed by atoms with Crippen LogP contribution in [-0.2, 0) is 0 Å². The molecule has 0 aliphatic rings. The molecule has 0 aliphatic heterocycles. The highest BCUT2D eigenvalue weighted by atomic mass is 15.0. The van der Waals surface area contributed by atoms with Crippen molar-refractivity contribution in [2.24, 2.45) is 0 Å². The quantitative estimate of drug-likeness (QED) is 0.188. The van der Waals surface area contributed by atoms with Gasteiger partial charge in [0.1, 0.15) is 0 Å². The molecule has 0 unspecified atom stereocenters. The first-order valence-electron chi connectivity index (χ1n) is 16.6.